The summed E-state index contributed by atoms with van der Waals surface area (Å²) in [5.74, 6) is 1.51. The lowest BCUT2D eigenvalue weighted by molar-refractivity contribution is 0.327. The molecule has 2 heterocycles. The third-order valence-electron chi connectivity index (χ3n) is 3.82. The molecule has 100 valence electrons. The van der Waals surface area contributed by atoms with Gasteiger partial charge in [-0.1, -0.05) is 18.3 Å². The van der Waals surface area contributed by atoms with Gasteiger partial charge in [-0.05, 0) is 44.7 Å². The molecule has 3 rings (SSSR count). The highest BCUT2D eigenvalue weighted by atomic mass is 32.1. The molecule has 0 spiro atoms. The molecule has 1 aliphatic carbocycles. The van der Waals surface area contributed by atoms with Crippen molar-refractivity contribution in [2.45, 2.75) is 38.5 Å². The topological polar surface area (TPSA) is 41.0 Å². The lowest BCUT2D eigenvalue weighted by atomic mass is 10.1. The van der Waals surface area contributed by atoms with Crippen LogP contribution in [-0.4, -0.2) is 41.3 Å². The van der Waals surface area contributed by atoms with E-state index in [4.69, 9.17) is 0 Å². The van der Waals surface area contributed by atoms with Gasteiger partial charge in [0.25, 0.3) is 0 Å². The van der Waals surface area contributed by atoms with Gasteiger partial charge in [0.2, 0.25) is 5.13 Å². The van der Waals surface area contributed by atoms with Crippen LogP contribution in [0.4, 0.5) is 5.13 Å². The Labute approximate surface area is 113 Å². The molecule has 1 atom stereocenters. The first-order valence-electron chi connectivity index (χ1n) is 7.14. The zero-order chi connectivity index (χ0) is 12.4. The first kappa shape index (κ1) is 12.4. The van der Waals surface area contributed by atoms with Gasteiger partial charge in [0.1, 0.15) is 5.01 Å². The van der Waals surface area contributed by atoms with Crippen molar-refractivity contribution in [1.29, 1.82) is 0 Å². The Balaban J connectivity index is 1.43. The summed E-state index contributed by atoms with van der Waals surface area (Å²) in [7, 11) is 0. The van der Waals surface area contributed by atoms with E-state index in [-0.39, 0.29) is 0 Å². The third-order valence-corrected chi connectivity index (χ3v) is 4.86. The van der Waals surface area contributed by atoms with E-state index in [1.807, 2.05) is 0 Å². The number of rotatable bonds is 6. The van der Waals surface area contributed by atoms with Crippen molar-refractivity contribution in [1.82, 2.24) is 15.1 Å². The van der Waals surface area contributed by atoms with Crippen LogP contribution < -0.4 is 5.32 Å². The third kappa shape index (κ3) is 3.01. The maximum absolute atomic E-state index is 4.26. The van der Waals surface area contributed by atoms with Crippen LogP contribution in [0.3, 0.4) is 0 Å². The number of hydrogen-bond donors (Lipinski definition) is 1. The molecule has 0 aromatic carbocycles. The molecule has 1 aromatic rings. The lowest BCUT2D eigenvalue weighted by Gasteiger charge is -2.14. The lowest BCUT2D eigenvalue weighted by Crippen LogP contribution is -2.23. The minimum Gasteiger partial charge on any atom is -0.360 e. The standard InChI is InChI=1S/C13H22N4S/c1-2-6-17-7-5-10(9-17)8-14-13-16-15-12(18-13)11-3-4-11/h10-11H,2-9H2,1H3,(H,14,16). The summed E-state index contributed by atoms with van der Waals surface area (Å²) in [4.78, 5) is 2.57. The van der Waals surface area contributed by atoms with Crippen molar-refractivity contribution in [3.05, 3.63) is 5.01 Å². The number of likely N-dealkylation sites (tertiary alicyclic amines) is 1. The zero-order valence-electron chi connectivity index (χ0n) is 11.1. The number of nitrogens with one attached hydrogen (secondary N) is 1. The smallest absolute Gasteiger partial charge is 0.205 e. The van der Waals surface area contributed by atoms with E-state index in [1.54, 1.807) is 11.3 Å². The highest BCUT2D eigenvalue weighted by Gasteiger charge is 2.28. The van der Waals surface area contributed by atoms with E-state index in [2.05, 4.69) is 27.3 Å². The molecule has 1 aliphatic heterocycles. The Morgan fingerprint density at radius 3 is 3.00 bits per heavy atom. The molecule has 2 fully saturated rings. The van der Waals surface area contributed by atoms with E-state index < -0.39 is 0 Å². The Kier molecular flexibility index (Phi) is 3.80. The fraction of sp³-hybridized carbons (Fsp3) is 0.846. The average Bonchev–Trinajstić information content (AvgIpc) is 2.95. The number of anilines is 1. The summed E-state index contributed by atoms with van der Waals surface area (Å²) in [6, 6.07) is 0. The van der Waals surface area contributed by atoms with Crippen LogP contribution in [0, 0.1) is 5.92 Å². The van der Waals surface area contributed by atoms with E-state index in [9.17, 15) is 0 Å². The molecule has 1 unspecified atom stereocenters. The molecule has 2 aliphatic rings. The largest absolute Gasteiger partial charge is 0.360 e. The fourth-order valence-electron chi connectivity index (χ4n) is 2.63. The van der Waals surface area contributed by atoms with Gasteiger partial charge in [0.05, 0.1) is 0 Å². The van der Waals surface area contributed by atoms with Crippen LogP contribution in [0.5, 0.6) is 0 Å². The van der Waals surface area contributed by atoms with Crippen molar-refractivity contribution in [2.24, 2.45) is 5.92 Å². The maximum atomic E-state index is 4.26. The van der Waals surface area contributed by atoms with Crippen LogP contribution >= 0.6 is 11.3 Å². The molecule has 1 aromatic heterocycles. The predicted octanol–water partition coefficient (Wildman–Crippen LogP) is 2.56. The van der Waals surface area contributed by atoms with E-state index in [0.717, 1.165) is 23.5 Å². The second-order valence-electron chi connectivity index (χ2n) is 5.56. The Morgan fingerprint density at radius 2 is 2.22 bits per heavy atom. The normalized spacial score (nSPS) is 24.6. The molecule has 4 nitrogen and oxygen atoms in total. The van der Waals surface area contributed by atoms with Gasteiger partial charge in [0.15, 0.2) is 0 Å². The van der Waals surface area contributed by atoms with Crippen LogP contribution in [0.25, 0.3) is 0 Å². The summed E-state index contributed by atoms with van der Waals surface area (Å²) in [5.41, 5.74) is 0. The molecule has 1 saturated heterocycles. The van der Waals surface area contributed by atoms with Crippen molar-refractivity contribution < 1.29 is 0 Å². The van der Waals surface area contributed by atoms with E-state index in [0.29, 0.717) is 0 Å². The average molecular weight is 266 g/mol. The van der Waals surface area contributed by atoms with Gasteiger partial charge in [-0.2, -0.15) is 0 Å². The summed E-state index contributed by atoms with van der Waals surface area (Å²) < 4.78 is 0. The second-order valence-corrected chi connectivity index (χ2v) is 6.57. The van der Waals surface area contributed by atoms with Crippen molar-refractivity contribution in [3.63, 3.8) is 0 Å². The summed E-state index contributed by atoms with van der Waals surface area (Å²) in [6.07, 6.45) is 5.20. The highest BCUT2D eigenvalue weighted by Crippen LogP contribution is 2.42. The Hall–Kier alpha value is -0.680. The molecule has 5 heteroatoms. The van der Waals surface area contributed by atoms with Crippen molar-refractivity contribution >= 4 is 16.5 Å². The Bertz CT molecular complexity index is 388. The van der Waals surface area contributed by atoms with Gasteiger partial charge >= 0.3 is 0 Å². The van der Waals surface area contributed by atoms with Gasteiger partial charge < -0.3 is 10.2 Å². The fourth-order valence-corrected chi connectivity index (χ4v) is 3.55. The van der Waals surface area contributed by atoms with Gasteiger partial charge in [-0.3, -0.25) is 0 Å². The van der Waals surface area contributed by atoms with E-state index in [1.165, 1.54) is 50.3 Å². The molecular formula is C13H22N4S. The van der Waals surface area contributed by atoms with E-state index >= 15 is 0 Å². The molecule has 1 saturated carbocycles. The van der Waals surface area contributed by atoms with Crippen LogP contribution in [0.1, 0.15) is 43.5 Å². The van der Waals surface area contributed by atoms with Crippen LogP contribution in [0.15, 0.2) is 0 Å². The number of nitrogens with zero attached hydrogens (tertiary/aromatic N) is 3. The molecular weight excluding hydrogens is 244 g/mol. The second kappa shape index (κ2) is 5.53. The van der Waals surface area contributed by atoms with Crippen LogP contribution in [0.2, 0.25) is 0 Å². The monoisotopic (exact) mass is 266 g/mol. The highest BCUT2D eigenvalue weighted by molar-refractivity contribution is 7.15. The minimum absolute atomic E-state index is 0.726. The molecule has 0 radical (unpaired) electrons. The molecule has 18 heavy (non-hydrogen) atoms. The summed E-state index contributed by atoms with van der Waals surface area (Å²) >= 11 is 1.75. The number of hydrogen-bond acceptors (Lipinski definition) is 5. The summed E-state index contributed by atoms with van der Waals surface area (Å²) in [6.45, 7) is 7.08. The zero-order valence-corrected chi connectivity index (χ0v) is 11.9. The van der Waals surface area contributed by atoms with Gasteiger partial charge in [-0.25, -0.2) is 0 Å². The first-order chi connectivity index (χ1) is 8.85. The minimum atomic E-state index is 0.726. The quantitative estimate of drug-likeness (QED) is 0.859. The molecule has 0 amide bonds. The van der Waals surface area contributed by atoms with Crippen molar-refractivity contribution in [2.75, 3.05) is 31.5 Å². The molecule has 0 bridgehead atoms. The predicted molar refractivity (Wildman–Crippen MR) is 75.2 cm³/mol. The Morgan fingerprint density at radius 1 is 1.33 bits per heavy atom. The van der Waals surface area contributed by atoms with Crippen molar-refractivity contribution in [3.8, 4) is 0 Å². The van der Waals surface area contributed by atoms with Crippen LogP contribution in [-0.2, 0) is 0 Å². The van der Waals surface area contributed by atoms with Gasteiger partial charge in [-0.15, -0.1) is 10.2 Å². The molecule has 1 N–H and O–H groups in total. The van der Waals surface area contributed by atoms with Gasteiger partial charge in [0, 0.05) is 19.0 Å². The SMILES string of the molecule is CCCN1CCC(CNc2nnc(C3CC3)s2)C1. The first-order valence-corrected chi connectivity index (χ1v) is 7.96. The summed E-state index contributed by atoms with van der Waals surface area (Å²) in [5, 5.41) is 14.2. The number of aromatic nitrogens is 2. The maximum Gasteiger partial charge on any atom is 0.205 e.